The van der Waals surface area contributed by atoms with E-state index in [-0.39, 0.29) is 11.8 Å². The van der Waals surface area contributed by atoms with Gasteiger partial charge in [-0.2, -0.15) is 5.10 Å². The predicted molar refractivity (Wildman–Crippen MR) is 107 cm³/mol. The van der Waals surface area contributed by atoms with Crippen LogP contribution in [0.5, 0.6) is 5.75 Å². The van der Waals surface area contributed by atoms with Crippen molar-refractivity contribution < 1.29 is 9.50 Å². The number of hydrogen-bond donors (Lipinski definition) is 1. The summed E-state index contributed by atoms with van der Waals surface area (Å²) in [7, 11) is 1.86. The minimum absolute atomic E-state index is 0.0881. The summed E-state index contributed by atoms with van der Waals surface area (Å²) in [5, 5.41) is 24.8. The van der Waals surface area contributed by atoms with Crippen molar-refractivity contribution in [3.8, 4) is 27.4 Å². The summed E-state index contributed by atoms with van der Waals surface area (Å²) >= 11 is 1.43. The Hall–Kier alpha value is -2.48. The summed E-state index contributed by atoms with van der Waals surface area (Å²) in [5.74, 6) is 0.159. The second kappa shape index (κ2) is 6.84. The molecule has 146 valence electrons. The van der Waals surface area contributed by atoms with Gasteiger partial charge in [-0.25, -0.2) is 4.39 Å². The summed E-state index contributed by atoms with van der Waals surface area (Å²) < 4.78 is 16.1. The zero-order valence-electron chi connectivity index (χ0n) is 15.6. The molecule has 3 aromatic rings. The summed E-state index contributed by atoms with van der Waals surface area (Å²) in [6.45, 7) is 0. The molecule has 28 heavy (non-hydrogen) atoms. The Labute approximate surface area is 166 Å². The van der Waals surface area contributed by atoms with Crippen LogP contribution in [0, 0.1) is 0 Å². The zero-order valence-corrected chi connectivity index (χ0v) is 16.4. The van der Waals surface area contributed by atoms with E-state index in [9.17, 15) is 9.50 Å². The average molecular weight is 399 g/mol. The SMILES string of the molecule is Cn1cc(-c2ccc(-c3nnc(N(C4CC4)[C@H]4CCC[C@H]4F)s3)c(O)c2)cn1. The highest BCUT2D eigenvalue weighted by molar-refractivity contribution is 7.18. The van der Waals surface area contributed by atoms with Crippen LogP contribution in [0.1, 0.15) is 32.1 Å². The number of halogens is 1. The van der Waals surface area contributed by atoms with Crippen LogP contribution >= 0.6 is 11.3 Å². The highest BCUT2D eigenvalue weighted by Gasteiger charge is 2.41. The highest BCUT2D eigenvalue weighted by Crippen LogP contribution is 2.43. The lowest BCUT2D eigenvalue weighted by molar-refractivity contribution is 0.300. The molecule has 1 aromatic carbocycles. The van der Waals surface area contributed by atoms with E-state index in [0.717, 1.165) is 41.9 Å². The first-order chi connectivity index (χ1) is 13.6. The van der Waals surface area contributed by atoms with Crippen LogP contribution in [-0.4, -0.2) is 43.3 Å². The highest BCUT2D eigenvalue weighted by atomic mass is 32.1. The molecule has 2 heterocycles. The summed E-state index contributed by atoms with van der Waals surface area (Å²) in [5.41, 5.74) is 2.48. The third kappa shape index (κ3) is 3.15. The van der Waals surface area contributed by atoms with Crippen molar-refractivity contribution in [3.63, 3.8) is 0 Å². The van der Waals surface area contributed by atoms with Gasteiger partial charge in [0.25, 0.3) is 0 Å². The van der Waals surface area contributed by atoms with Gasteiger partial charge in [0, 0.05) is 24.8 Å². The number of aryl methyl sites for hydroxylation is 1. The first kappa shape index (κ1) is 17.6. The number of phenolic OH excluding ortho intramolecular Hbond substituents is 1. The molecule has 2 atom stereocenters. The van der Waals surface area contributed by atoms with Crippen LogP contribution in [0.25, 0.3) is 21.7 Å². The van der Waals surface area contributed by atoms with Crippen molar-refractivity contribution in [1.82, 2.24) is 20.0 Å². The zero-order chi connectivity index (χ0) is 19.3. The Morgan fingerprint density at radius 2 is 2.04 bits per heavy atom. The Kier molecular flexibility index (Phi) is 4.30. The van der Waals surface area contributed by atoms with Crippen LogP contribution in [0.15, 0.2) is 30.6 Å². The van der Waals surface area contributed by atoms with E-state index in [1.165, 1.54) is 11.3 Å². The molecule has 6 nitrogen and oxygen atoms in total. The number of benzene rings is 1. The van der Waals surface area contributed by atoms with Gasteiger partial charge in [-0.1, -0.05) is 17.4 Å². The first-order valence-electron chi connectivity index (χ1n) is 9.68. The molecule has 2 aliphatic rings. The van der Waals surface area contributed by atoms with Gasteiger partial charge < -0.3 is 10.0 Å². The molecule has 0 bridgehead atoms. The molecule has 1 N–H and O–H groups in total. The summed E-state index contributed by atoms with van der Waals surface area (Å²) in [4.78, 5) is 2.15. The molecule has 0 amide bonds. The lowest BCUT2D eigenvalue weighted by atomic mass is 10.1. The minimum atomic E-state index is -0.792. The summed E-state index contributed by atoms with van der Waals surface area (Å²) in [6.07, 6.45) is 7.48. The molecule has 2 aliphatic carbocycles. The second-order valence-corrected chi connectivity index (χ2v) is 8.63. The van der Waals surface area contributed by atoms with Crippen molar-refractivity contribution in [2.45, 2.75) is 50.4 Å². The fourth-order valence-corrected chi connectivity index (χ4v) is 5.03. The third-order valence-corrected chi connectivity index (χ3v) is 6.57. The van der Waals surface area contributed by atoms with Gasteiger partial charge in [0.15, 0.2) is 5.01 Å². The molecule has 2 saturated carbocycles. The van der Waals surface area contributed by atoms with E-state index < -0.39 is 6.17 Å². The monoisotopic (exact) mass is 399 g/mol. The van der Waals surface area contributed by atoms with Crippen molar-refractivity contribution >= 4 is 16.5 Å². The fraction of sp³-hybridized carbons (Fsp3) is 0.450. The van der Waals surface area contributed by atoms with Crippen molar-refractivity contribution in [3.05, 3.63) is 30.6 Å². The van der Waals surface area contributed by atoms with Gasteiger partial charge in [0.05, 0.1) is 17.8 Å². The van der Waals surface area contributed by atoms with E-state index in [4.69, 9.17) is 0 Å². The standard InChI is InChI=1S/C20H22FN5OS/c1-25-11-13(10-22-25)12-5-8-15(18(27)9-12)19-23-24-20(28-19)26(14-6-7-14)17-4-2-3-16(17)21/h5,8-11,14,16-17,27H,2-4,6-7H2,1H3/t16-,17+/m1/s1. The smallest absolute Gasteiger partial charge is 0.209 e. The number of aromatic hydroxyl groups is 1. The van der Waals surface area contributed by atoms with E-state index in [1.807, 2.05) is 25.4 Å². The van der Waals surface area contributed by atoms with E-state index in [2.05, 4.69) is 20.2 Å². The molecular formula is C20H22FN5OS. The topological polar surface area (TPSA) is 67.1 Å². The molecule has 0 unspecified atom stereocenters. The Bertz CT molecular complexity index is 998. The molecule has 5 rings (SSSR count). The number of nitrogens with zero attached hydrogens (tertiary/aromatic N) is 5. The number of phenols is 1. The van der Waals surface area contributed by atoms with Gasteiger partial charge in [0.1, 0.15) is 11.9 Å². The van der Waals surface area contributed by atoms with E-state index >= 15 is 0 Å². The van der Waals surface area contributed by atoms with Crippen LogP contribution in [0.4, 0.5) is 9.52 Å². The Morgan fingerprint density at radius 1 is 1.18 bits per heavy atom. The van der Waals surface area contributed by atoms with Gasteiger partial charge in [-0.3, -0.25) is 4.68 Å². The molecule has 0 spiro atoms. The van der Waals surface area contributed by atoms with Crippen LogP contribution in [0.2, 0.25) is 0 Å². The largest absolute Gasteiger partial charge is 0.507 e. The molecule has 8 heteroatoms. The molecule has 0 aliphatic heterocycles. The normalized spacial score (nSPS) is 21.9. The maximum atomic E-state index is 14.4. The molecular weight excluding hydrogens is 377 g/mol. The number of alkyl halides is 1. The fourth-order valence-electron chi connectivity index (χ4n) is 4.02. The van der Waals surface area contributed by atoms with Crippen molar-refractivity contribution in [2.24, 2.45) is 7.05 Å². The van der Waals surface area contributed by atoms with Crippen LogP contribution in [0.3, 0.4) is 0 Å². The molecule has 2 fully saturated rings. The third-order valence-electron chi connectivity index (χ3n) is 5.60. The number of rotatable bonds is 5. The Balaban J connectivity index is 1.44. The van der Waals surface area contributed by atoms with Crippen LogP contribution in [-0.2, 0) is 7.05 Å². The first-order valence-corrected chi connectivity index (χ1v) is 10.5. The predicted octanol–water partition coefficient (Wildman–Crippen LogP) is 4.17. The van der Waals surface area contributed by atoms with Crippen molar-refractivity contribution in [2.75, 3.05) is 4.90 Å². The van der Waals surface area contributed by atoms with Gasteiger partial charge in [0.2, 0.25) is 5.13 Å². The van der Waals surface area contributed by atoms with Gasteiger partial charge >= 0.3 is 0 Å². The molecule has 2 aromatic heterocycles. The second-order valence-electron chi connectivity index (χ2n) is 7.68. The maximum absolute atomic E-state index is 14.4. The number of hydrogen-bond acceptors (Lipinski definition) is 6. The van der Waals surface area contributed by atoms with Crippen molar-refractivity contribution in [1.29, 1.82) is 0 Å². The lowest BCUT2D eigenvalue weighted by Gasteiger charge is -2.29. The van der Waals surface area contributed by atoms with Gasteiger partial charge in [-0.15, -0.1) is 10.2 Å². The van der Waals surface area contributed by atoms with E-state index in [1.54, 1.807) is 16.9 Å². The minimum Gasteiger partial charge on any atom is -0.507 e. The summed E-state index contributed by atoms with van der Waals surface area (Å²) in [6, 6.07) is 5.82. The van der Waals surface area contributed by atoms with E-state index in [0.29, 0.717) is 23.0 Å². The molecule has 0 radical (unpaired) electrons. The maximum Gasteiger partial charge on any atom is 0.209 e. The number of aromatic nitrogens is 4. The quantitative estimate of drug-likeness (QED) is 0.697. The Morgan fingerprint density at radius 3 is 2.68 bits per heavy atom. The average Bonchev–Trinajstić information content (AvgIpc) is 3.03. The van der Waals surface area contributed by atoms with Gasteiger partial charge in [-0.05, 0) is 49.8 Å². The van der Waals surface area contributed by atoms with Crippen LogP contribution < -0.4 is 4.90 Å². The lowest BCUT2D eigenvalue weighted by Crippen LogP contribution is -2.40. The molecule has 0 saturated heterocycles. The number of anilines is 1.